The zero-order valence-electron chi connectivity index (χ0n) is 20.8. The van der Waals surface area contributed by atoms with Crippen LogP contribution in [0.2, 0.25) is 0 Å². The molecule has 0 N–H and O–H groups in total. The van der Waals surface area contributed by atoms with Crippen molar-refractivity contribution >= 4 is 30.0 Å². The average molecular weight is 525 g/mol. The summed E-state index contributed by atoms with van der Waals surface area (Å²) >= 11 is 1.40. The van der Waals surface area contributed by atoms with E-state index < -0.39 is 23.9 Å². The van der Waals surface area contributed by atoms with Gasteiger partial charge in [-0.15, -0.1) is 11.8 Å². The first-order valence-corrected chi connectivity index (χ1v) is 12.7. The Morgan fingerprint density at radius 2 is 1.36 bits per heavy atom. The highest BCUT2D eigenvalue weighted by atomic mass is 32.2. The van der Waals surface area contributed by atoms with Gasteiger partial charge < -0.3 is 19.3 Å². The maximum Gasteiger partial charge on any atom is 0.416 e. The maximum absolute atomic E-state index is 12.7. The van der Waals surface area contributed by atoms with Crippen molar-refractivity contribution in [2.75, 3.05) is 26.2 Å². The van der Waals surface area contributed by atoms with Gasteiger partial charge in [0.25, 0.3) is 0 Å². The quantitative estimate of drug-likeness (QED) is 0.327. The molecular weight excluding hydrogens is 493 g/mol. The zero-order chi connectivity index (χ0) is 26.7. The summed E-state index contributed by atoms with van der Waals surface area (Å²) in [6.45, 7) is 9.21. The number of thioether (sulfide) groups is 1. The molecule has 0 bridgehead atoms. The Kier molecular flexibility index (Phi) is 11.2. The number of hydrogen-bond donors (Lipinski definition) is 0. The van der Waals surface area contributed by atoms with Crippen LogP contribution in [-0.2, 0) is 11.9 Å². The van der Waals surface area contributed by atoms with Gasteiger partial charge in [0.2, 0.25) is 0 Å². The number of amides is 2. The molecule has 2 aromatic rings. The lowest BCUT2D eigenvalue weighted by atomic mass is 10.1. The Hall–Kier alpha value is -3.14. The van der Waals surface area contributed by atoms with Crippen molar-refractivity contribution in [1.29, 1.82) is 0 Å². The van der Waals surface area contributed by atoms with Crippen molar-refractivity contribution in [3.05, 3.63) is 64.6 Å². The van der Waals surface area contributed by atoms with Crippen LogP contribution in [0.1, 0.15) is 44.4 Å². The summed E-state index contributed by atoms with van der Waals surface area (Å²) in [5.41, 5.74) is 0.769. The molecule has 2 amide bonds. The van der Waals surface area contributed by atoms with Crippen LogP contribution in [0.4, 0.5) is 22.8 Å². The SMILES string of the molecule is CCN(CC)C(=O)Oc1ccc(/C=C/SCc2ccc(C(F)(F)F)cc2)cc1OC(=O)N(CC)CC. The fourth-order valence-corrected chi connectivity index (χ4v) is 3.87. The second kappa shape index (κ2) is 13.8. The third-order valence-electron chi connectivity index (χ3n) is 5.29. The predicted octanol–water partition coefficient (Wildman–Crippen LogP) is 7.29. The zero-order valence-corrected chi connectivity index (χ0v) is 21.6. The minimum Gasteiger partial charge on any atom is -0.406 e. The van der Waals surface area contributed by atoms with E-state index in [-0.39, 0.29) is 11.5 Å². The van der Waals surface area contributed by atoms with Crippen molar-refractivity contribution in [1.82, 2.24) is 9.80 Å². The molecule has 196 valence electrons. The van der Waals surface area contributed by atoms with Crippen molar-refractivity contribution in [3.63, 3.8) is 0 Å². The molecule has 10 heteroatoms. The summed E-state index contributed by atoms with van der Waals surface area (Å²) in [4.78, 5) is 28.0. The number of carbonyl (C=O) groups is 2. The highest BCUT2D eigenvalue weighted by molar-refractivity contribution is 8.01. The standard InChI is InChI=1S/C26H31F3N2O4S/c1-5-30(6-2)24(32)34-22-14-11-19(17-23(22)35-25(33)31(7-3)8-4)15-16-36-18-20-9-12-21(13-10-20)26(27,28)29/h9-17H,5-8,18H2,1-4H3/b16-15+. The van der Waals surface area contributed by atoms with Crippen molar-refractivity contribution in [2.24, 2.45) is 0 Å². The molecule has 6 nitrogen and oxygen atoms in total. The summed E-state index contributed by atoms with van der Waals surface area (Å²) in [5, 5.41) is 1.80. The molecule has 0 aliphatic rings. The Morgan fingerprint density at radius 1 is 0.833 bits per heavy atom. The molecule has 0 radical (unpaired) electrons. The van der Waals surface area contributed by atoms with Gasteiger partial charge in [0.1, 0.15) is 0 Å². The number of alkyl halides is 3. The minimum absolute atomic E-state index is 0.113. The van der Waals surface area contributed by atoms with Crippen LogP contribution in [0.5, 0.6) is 11.5 Å². The van der Waals surface area contributed by atoms with Crippen molar-refractivity contribution in [3.8, 4) is 11.5 Å². The van der Waals surface area contributed by atoms with Crippen molar-refractivity contribution in [2.45, 2.75) is 39.6 Å². The molecule has 0 spiro atoms. The third-order valence-corrected chi connectivity index (χ3v) is 6.12. The van der Waals surface area contributed by atoms with Gasteiger partial charge in [-0.2, -0.15) is 13.2 Å². The number of rotatable bonds is 10. The number of nitrogens with zero attached hydrogens (tertiary/aromatic N) is 2. The van der Waals surface area contributed by atoms with Gasteiger partial charge >= 0.3 is 18.4 Å². The van der Waals surface area contributed by atoms with Gasteiger partial charge in [0.15, 0.2) is 11.5 Å². The molecule has 0 atom stereocenters. The molecule has 0 heterocycles. The molecule has 0 unspecified atom stereocenters. The van der Waals surface area contributed by atoms with E-state index in [4.69, 9.17) is 9.47 Å². The van der Waals surface area contributed by atoms with E-state index in [1.54, 1.807) is 29.7 Å². The lowest BCUT2D eigenvalue weighted by Crippen LogP contribution is -2.34. The molecule has 2 rings (SSSR count). The number of carbonyl (C=O) groups excluding carboxylic acids is 2. The van der Waals surface area contributed by atoms with Crippen LogP contribution in [0.15, 0.2) is 47.9 Å². The Morgan fingerprint density at radius 3 is 1.86 bits per heavy atom. The number of halogens is 3. The largest absolute Gasteiger partial charge is 0.416 e. The molecule has 0 aliphatic carbocycles. The van der Waals surface area contributed by atoms with Crippen molar-refractivity contribution < 1.29 is 32.2 Å². The summed E-state index contributed by atoms with van der Waals surface area (Å²) < 4.78 is 49.2. The molecule has 0 aromatic heterocycles. The van der Waals surface area contributed by atoms with E-state index in [2.05, 4.69) is 0 Å². The molecule has 0 fully saturated rings. The lowest BCUT2D eigenvalue weighted by Gasteiger charge is -2.21. The fraction of sp³-hybridized carbons (Fsp3) is 0.385. The van der Waals surface area contributed by atoms with E-state index in [1.165, 1.54) is 33.7 Å². The van der Waals surface area contributed by atoms with Gasteiger partial charge in [-0.1, -0.05) is 18.2 Å². The molecule has 36 heavy (non-hydrogen) atoms. The van der Waals surface area contributed by atoms with Crippen LogP contribution in [0, 0.1) is 0 Å². The molecule has 0 saturated carbocycles. The summed E-state index contributed by atoms with van der Waals surface area (Å²) in [5.74, 6) is 0.724. The van der Waals surface area contributed by atoms with Gasteiger partial charge in [-0.25, -0.2) is 9.59 Å². The molecule has 2 aromatic carbocycles. The molecule has 0 saturated heterocycles. The Balaban J connectivity index is 2.15. The maximum atomic E-state index is 12.7. The van der Waals surface area contributed by atoms with Crippen LogP contribution < -0.4 is 9.47 Å². The van der Waals surface area contributed by atoms with Crippen LogP contribution >= 0.6 is 11.8 Å². The Bertz CT molecular complexity index is 1030. The predicted molar refractivity (Wildman–Crippen MR) is 136 cm³/mol. The number of benzene rings is 2. The normalized spacial score (nSPS) is 11.4. The van der Waals surface area contributed by atoms with E-state index in [0.717, 1.165) is 17.7 Å². The summed E-state index contributed by atoms with van der Waals surface area (Å²) in [6, 6.07) is 9.91. The van der Waals surface area contributed by atoms with E-state index >= 15 is 0 Å². The van der Waals surface area contributed by atoms with Gasteiger partial charge in [-0.05, 0) is 74.6 Å². The fourth-order valence-electron chi connectivity index (χ4n) is 3.13. The minimum atomic E-state index is -4.36. The second-order valence-electron chi connectivity index (χ2n) is 7.60. The van der Waals surface area contributed by atoms with E-state index in [1.807, 2.05) is 27.7 Å². The number of ether oxygens (including phenoxy) is 2. The second-order valence-corrected chi connectivity index (χ2v) is 8.49. The highest BCUT2D eigenvalue weighted by Gasteiger charge is 2.29. The molecule has 0 aliphatic heterocycles. The Labute approximate surface area is 214 Å². The summed E-state index contributed by atoms with van der Waals surface area (Å²) in [6.07, 6.45) is -3.68. The molecular formula is C26H31F3N2O4S. The van der Waals surface area contributed by atoms with Crippen LogP contribution in [0.25, 0.3) is 6.08 Å². The third kappa shape index (κ3) is 8.51. The number of hydrogen-bond acceptors (Lipinski definition) is 5. The van der Waals surface area contributed by atoms with Gasteiger partial charge in [-0.3, -0.25) is 0 Å². The smallest absolute Gasteiger partial charge is 0.406 e. The van der Waals surface area contributed by atoms with Crippen LogP contribution in [-0.4, -0.2) is 48.2 Å². The monoisotopic (exact) mass is 524 g/mol. The lowest BCUT2D eigenvalue weighted by molar-refractivity contribution is -0.137. The van der Waals surface area contributed by atoms with Crippen LogP contribution in [0.3, 0.4) is 0 Å². The first-order chi connectivity index (χ1) is 17.1. The highest BCUT2D eigenvalue weighted by Crippen LogP contribution is 2.31. The van der Waals surface area contributed by atoms with Gasteiger partial charge in [0.05, 0.1) is 5.56 Å². The average Bonchev–Trinajstić information content (AvgIpc) is 2.84. The van der Waals surface area contributed by atoms with E-state index in [9.17, 15) is 22.8 Å². The topological polar surface area (TPSA) is 59.1 Å². The first-order valence-electron chi connectivity index (χ1n) is 11.6. The summed E-state index contributed by atoms with van der Waals surface area (Å²) in [7, 11) is 0. The van der Waals surface area contributed by atoms with Gasteiger partial charge in [0, 0.05) is 31.9 Å². The first kappa shape index (κ1) is 29.1. The van der Waals surface area contributed by atoms with E-state index in [0.29, 0.717) is 37.5 Å².